The van der Waals surface area contributed by atoms with Crippen LogP contribution in [0.3, 0.4) is 0 Å². The van der Waals surface area contributed by atoms with Crippen molar-refractivity contribution in [1.29, 1.82) is 0 Å². The summed E-state index contributed by atoms with van der Waals surface area (Å²) in [6.07, 6.45) is 9.90. The lowest BCUT2D eigenvalue weighted by Crippen LogP contribution is -2.48. The maximum absolute atomic E-state index is 6.25. The van der Waals surface area contributed by atoms with Crippen LogP contribution in [-0.4, -0.2) is 0 Å². The molecular weight excluding hydrogens is 230 g/mol. The normalized spacial score (nSPS) is 39.7. The molecule has 0 aromatic heterocycles. The molecule has 0 saturated heterocycles. The molecule has 1 aromatic carbocycles. The Morgan fingerprint density at radius 2 is 1.63 bits per heavy atom. The van der Waals surface area contributed by atoms with Gasteiger partial charge in [-0.25, -0.2) is 0 Å². The van der Waals surface area contributed by atoms with Gasteiger partial charge in [-0.15, -0.1) is 0 Å². The summed E-state index contributed by atoms with van der Waals surface area (Å²) < 4.78 is 0. The highest BCUT2D eigenvalue weighted by molar-refractivity contribution is 5.51. The van der Waals surface area contributed by atoms with Crippen LogP contribution in [0.5, 0.6) is 0 Å². The van der Waals surface area contributed by atoms with Crippen molar-refractivity contribution in [3.8, 4) is 0 Å². The predicted molar refractivity (Wildman–Crippen MR) is 80.1 cm³/mol. The molecule has 1 aromatic rings. The third-order valence-corrected chi connectivity index (χ3v) is 6.18. The van der Waals surface area contributed by atoms with Crippen LogP contribution in [0.4, 0.5) is 5.69 Å². The fourth-order valence-electron chi connectivity index (χ4n) is 5.71. The second-order valence-corrected chi connectivity index (χ2v) is 7.47. The molecule has 4 bridgehead atoms. The first-order chi connectivity index (χ1) is 9.18. The molecule has 0 heterocycles. The Hall–Kier alpha value is -0.980. The maximum Gasteiger partial charge on any atom is 0.0349 e. The molecule has 5 rings (SSSR count). The molecule has 4 aliphatic carbocycles. The number of nitrogens with two attached hydrogens (primary N) is 1. The second-order valence-electron chi connectivity index (χ2n) is 7.47. The molecule has 0 spiro atoms. The van der Waals surface area contributed by atoms with E-state index in [1.807, 2.05) is 0 Å². The topological polar surface area (TPSA) is 26.0 Å². The summed E-state index contributed by atoms with van der Waals surface area (Å²) in [7, 11) is 0. The third-order valence-electron chi connectivity index (χ3n) is 6.18. The van der Waals surface area contributed by atoms with E-state index < -0.39 is 0 Å². The van der Waals surface area contributed by atoms with Crippen molar-refractivity contribution in [3.05, 3.63) is 29.3 Å². The highest BCUT2D eigenvalue weighted by Crippen LogP contribution is 2.60. The van der Waals surface area contributed by atoms with Crippen LogP contribution in [0, 0.1) is 17.8 Å². The van der Waals surface area contributed by atoms with Crippen molar-refractivity contribution >= 4 is 5.69 Å². The average Bonchev–Trinajstić information content (AvgIpc) is 2.37. The summed E-state index contributed by atoms with van der Waals surface area (Å²) in [5, 5.41) is 0. The largest absolute Gasteiger partial charge is 0.398 e. The van der Waals surface area contributed by atoms with Crippen LogP contribution in [0.25, 0.3) is 0 Å². The summed E-state index contributed by atoms with van der Waals surface area (Å²) in [4.78, 5) is 0. The molecule has 2 N–H and O–H groups in total. The molecule has 4 saturated carbocycles. The Kier molecular flexibility index (Phi) is 2.49. The van der Waals surface area contributed by atoms with Gasteiger partial charge in [0, 0.05) is 5.69 Å². The van der Waals surface area contributed by atoms with Crippen molar-refractivity contribution in [3.63, 3.8) is 0 Å². The van der Waals surface area contributed by atoms with Gasteiger partial charge in [0.15, 0.2) is 0 Å². The van der Waals surface area contributed by atoms with E-state index in [0.29, 0.717) is 5.41 Å². The van der Waals surface area contributed by atoms with Crippen molar-refractivity contribution in [2.24, 2.45) is 17.8 Å². The monoisotopic (exact) mass is 255 g/mol. The van der Waals surface area contributed by atoms with E-state index in [1.165, 1.54) is 44.1 Å². The van der Waals surface area contributed by atoms with Crippen molar-refractivity contribution in [1.82, 2.24) is 0 Å². The predicted octanol–water partition coefficient (Wildman–Crippen LogP) is 4.30. The summed E-state index contributed by atoms with van der Waals surface area (Å²) in [5.74, 6) is 3.04. The quantitative estimate of drug-likeness (QED) is 0.783. The number of hydrogen-bond donors (Lipinski definition) is 1. The first-order valence-electron chi connectivity index (χ1n) is 8.07. The molecule has 19 heavy (non-hydrogen) atoms. The van der Waals surface area contributed by atoms with Gasteiger partial charge in [-0.1, -0.05) is 19.1 Å². The lowest BCUT2D eigenvalue weighted by Gasteiger charge is -2.57. The number of aryl methyl sites for hydroxylation is 1. The summed E-state index contributed by atoms with van der Waals surface area (Å²) in [5.41, 5.74) is 10.6. The fraction of sp³-hybridized carbons (Fsp3) is 0.667. The van der Waals surface area contributed by atoms with E-state index in [0.717, 1.165) is 29.9 Å². The molecule has 0 amide bonds. The molecule has 0 aliphatic heterocycles. The Morgan fingerprint density at radius 3 is 2.11 bits per heavy atom. The third kappa shape index (κ3) is 1.74. The van der Waals surface area contributed by atoms with E-state index in [9.17, 15) is 0 Å². The Balaban J connectivity index is 1.73. The van der Waals surface area contributed by atoms with Crippen LogP contribution < -0.4 is 5.73 Å². The molecule has 0 atom stereocenters. The first-order valence-corrected chi connectivity index (χ1v) is 8.07. The number of anilines is 1. The minimum atomic E-state index is 0.495. The Bertz CT molecular complexity index is 467. The first kappa shape index (κ1) is 11.8. The van der Waals surface area contributed by atoms with E-state index in [-0.39, 0.29) is 0 Å². The standard InChI is InChI=1S/C18H25N/c1-2-15-3-4-16(8-17(15)19)18-9-12-5-13(10-18)7-14(6-12)11-18/h3-4,8,12-14H,2,5-7,9-11,19H2,1H3. The minimum absolute atomic E-state index is 0.495. The Morgan fingerprint density at radius 1 is 1.05 bits per heavy atom. The summed E-state index contributed by atoms with van der Waals surface area (Å²) in [6, 6.07) is 6.98. The summed E-state index contributed by atoms with van der Waals surface area (Å²) >= 11 is 0. The molecule has 0 unspecified atom stereocenters. The minimum Gasteiger partial charge on any atom is -0.398 e. The molecule has 0 radical (unpaired) electrons. The van der Waals surface area contributed by atoms with Gasteiger partial charge >= 0.3 is 0 Å². The van der Waals surface area contributed by atoms with Crippen molar-refractivity contribution in [2.75, 3.05) is 5.73 Å². The zero-order valence-electron chi connectivity index (χ0n) is 12.0. The van der Waals surface area contributed by atoms with Crippen LogP contribution in [-0.2, 0) is 11.8 Å². The van der Waals surface area contributed by atoms with Gasteiger partial charge in [-0.3, -0.25) is 0 Å². The zero-order valence-corrected chi connectivity index (χ0v) is 12.0. The second kappa shape index (κ2) is 4.01. The molecule has 1 nitrogen and oxygen atoms in total. The summed E-state index contributed by atoms with van der Waals surface area (Å²) in [6.45, 7) is 2.19. The number of hydrogen-bond acceptors (Lipinski definition) is 1. The van der Waals surface area contributed by atoms with Gasteiger partial charge in [0.05, 0.1) is 0 Å². The molecule has 4 fully saturated rings. The number of nitrogen functional groups attached to an aromatic ring is 1. The Labute approximate surface area is 116 Å². The molecular formula is C18H25N. The SMILES string of the molecule is CCc1ccc(C23CC4CC(CC(C4)C2)C3)cc1N. The number of benzene rings is 1. The van der Waals surface area contributed by atoms with E-state index in [4.69, 9.17) is 5.73 Å². The van der Waals surface area contributed by atoms with Crippen molar-refractivity contribution in [2.45, 2.75) is 57.3 Å². The van der Waals surface area contributed by atoms with E-state index in [2.05, 4.69) is 25.1 Å². The molecule has 102 valence electrons. The van der Waals surface area contributed by atoms with Crippen LogP contribution >= 0.6 is 0 Å². The average molecular weight is 255 g/mol. The smallest absolute Gasteiger partial charge is 0.0349 e. The number of rotatable bonds is 2. The van der Waals surface area contributed by atoms with Gasteiger partial charge in [0.25, 0.3) is 0 Å². The highest BCUT2D eigenvalue weighted by Gasteiger charge is 2.51. The van der Waals surface area contributed by atoms with E-state index >= 15 is 0 Å². The molecule has 1 heteroatoms. The van der Waals surface area contributed by atoms with Gasteiger partial charge in [-0.05, 0) is 85.3 Å². The van der Waals surface area contributed by atoms with Crippen LogP contribution in [0.2, 0.25) is 0 Å². The zero-order chi connectivity index (χ0) is 13.0. The van der Waals surface area contributed by atoms with Gasteiger partial charge < -0.3 is 5.73 Å². The fourth-order valence-corrected chi connectivity index (χ4v) is 5.71. The van der Waals surface area contributed by atoms with Crippen LogP contribution in [0.15, 0.2) is 18.2 Å². The van der Waals surface area contributed by atoms with Gasteiger partial charge in [-0.2, -0.15) is 0 Å². The maximum atomic E-state index is 6.25. The van der Waals surface area contributed by atoms with E-state index in [1.54, 1.807) is 5.56 Å². The van der Waals surface area contributed by atoms with Gasteiger partial charge in [0.2, 0.25) is 0 Å². The lowest BCUT2D eigenvalue weighted by atomic mass is 9.48. The lowest BCUT2D eigenvalue weighted by molar-refractivity contribution is -0.00516. The van der Waals surface area contributed by atoms with Crippen LogP contribution in [0.1, 0.15) is 56.6 Å². The van der Waals surface area contributed by atoms with Crippen molar-refractivity contribution < 1.29 is 0 Å². The van der Waals surface area contributed by atoms with Gasteiger partial charge in [0.1, 0.15) is 0 Å². The molecule has 4 aliphatic rings. The highest BCUT2D eigenvalue weighted by atomic mass is 14.6.